The van der Waals surface area contributed by atoms with Crippen LogP contribution in [-0.4, -0.2) is 38.5 Å². The second kappa shape index (κ2) is 6.55. The molecular formula is C14H22BrN3O. The molecule has 1 aromatic rings. The zero-order valence-corrected chi connectivity index (χ0v) is 13.3. The van der Waals surface area contributed by atoms with Crippen LogP contribution in [-0.2, 0) is 13.5 Å². The second-order valence-corrected chi connectivity index (χ2v) is 5.80. The van der Waals surface area contributed by atoms with Crippen molar-refractivity contribution in [3.8, 4) is 0 Å². The van der Waals surface area contributed by atoms with Gasteiger partial charge >= 0.3 is 0 Å². The van der Waals surface area contributed by atoms with Crippen molar-refractivity contribution in [3.63, 3.8) is 0 Å². The fourth-order valence-electron chi connectivity index (χ4n) is 2.65. The Kier molecular flexibility index (Phi) is 5.02. The van der Waals surface area contributed by atoms with E-state index in [9.17, 15) is 4.79 Å². The summed E-state index contributed by atoms with van der Waals surface area (Å²) in [6.07, 6.45) is 5.50. The molecule has 0 N–H and O–H groups in total. The number of hydrogen-bond acceptors (Lipinski definition) is 2. The first-order valence-electron chi connectivity index (χ1n) is 7.07. The van der Waals surface area contributed by atoms with E-state index in [1.165, 1.54) is 12.8 Å². The number of carbonyl (C=O) groups is 1. The summed E-state index contributed by atoms with van der Waals surface area (Å²) in [4.78, 5) is 14.7. The molecule has 0 radical (unpaired) electrons. The van der Waals surface area contributed by atoms with Gasteiger partial charge in [0.2, 0.25) is 0 Å². The lowest BCUT2D eigenvalue weighted by molar-refractivity contribution is 0.0691. The standard InChI is InChI=1S/C14H22BrN3O/c1-3-11-9-13(17(2)16-11)14(19)18-8-6-4-5-7-12(18)10-15/h9,12H,3-8,10H2,1-2H3. The van der Waals surface area contributed by atoms with Crippen LogP contribution in [0.1, 0.15) is 48.8 Å². The quantitative estimate of drug-likeness (QED) is 0.800. The minimum atomic E-state index is 0.126. The monoisotopic (exact) mass is 327 g/mol. The van der Waals surface area contributed by atoms with Gasteiger partial charge in [-0.2, -0.15) is 5.10 Å². The molecule has 0 aromatic carbocycles. The van der Waals surface area contributed by atoms with Gasteiger partial charge < -0.3 is 4.90 Å². The van der Waals surface area contributed by atoms with Crippen LogP contribution in [0, 0.1) is 0 Å². The fourth-order valence-corrected chi connectivity index (χ4v) is 3.33. The molecule has 1 aromatic heterocycles. The Morgan fingerprint density at radius 2 is 2.26 bits per heavy atom. The maximum atomic E-state index is 12.7. The predicted molar refractivity (Wildman–Crippen MR) is 79.7 cm³/mol. The number of likely N-dealkylation sites (tertiary alicyclic amines) is 1. The summed E-state index contributed by atoms with van der Waals surface area (Å²) < 4.78 is 1.72. The first-order chi connectivity index (χ1) is 9.17. The maximum absolute atomic E-state index is 12.7. The second-order valence-electron chi connectivity index (χ2n) is 5.15. The molecule has 0 bridgehead atoms. The summed E-state index contributed by atoms with van der Waals surface area (Å²) in [5.41, 5.74) is 1.70. The third kappa shape index (κ3) is 3.19. The molecule has 1 aliphatic rings. The fraction of sp³-hybridized carbons (Fsp3) is 0.714. The number of nitrogens with zero attached hydrogens (tertiary/aromatic N) is 3. The molecule has 1 saturated heterocycles. The molecule has 4 nitrogen and oxygen atoms in total. The van der Waals surface area contributed by atoms with Crippen molar-refractivity contribution in [2.75, 3.05) is 11.9 Å². The van der Waals surface area contributed by atoms with Crippen molar-refractivity contribution in [2.24, 2.45) is 7.05 Å². The number of rotatable bonds is 3. The average Bonchev–Trinajstić information content (AvgIpc) is 2.64. The Labute approximate surface area is 123 Å². The Morgan fingerprint density at radius 1 is 1.47 bits per heavy atom. The summed E-state index contributed by atoms with van der Waals surface area (Å²) >= 11 is 3.55. The van der Waals surface area contributed by atoms with Crippen LogP contribution in [0.5, 0.6) is 0 Å². The van der Waals surface area contributed by atoms with Crippen molar-refractivity contribution >= 4 is 21.8 Å². The van der Waals surface area contributed by atoms with Gasteiger partial charge in [-0.3, -0.25) is 9.48 Å². The minimum absolute atomic E-state index is 0.126. The lowest BCUT2D eigenvalue weighted by atomic mass is 10.1. The minimum Gasteiger partial charge on any atom is -0.334 e. The lowest BCUT2D eigenvalue weighted by Gasteiger charge is -2.28. The van der Waals surface area contributed by atoms with Gasteiger partial charge in [0.05, 0.1) is 5.69 Å². The number of aromatic nitrogens is 2. The van der Waals surface area contributed by atoms with E-state index in [-0.39, 0.29) is 5.91 Å². The number of amides is 1. The Balaban J connectivity index is 2.22. The molecule has 1 aliphatic heterocycles. The molecule has 1 amide bonds. The van der Waals surface area contributed by atoms with E-state index >= 15 is 0 Å². The molecule has 2 heterocycles. The van der Waals surface area contributed by atoms with Gasteiger partial charge in [-0.25, -0.2) is 0 Å². The van der Waals surface area contributed by atoms with Crippen LogP contribution in [0.4, 0.5) is 0 Å². The molecule has 0 spiro atoms. The number of halogens is 1. The van der Waals surface area contributed by atoms with Gasteiger partial charge in [0.1, 0.15) is 5.69 Å². The smallest absolute Gasteiger partial charge is 0.272 e. The maximum Gasteiger partial charge on any atom is 0.272 e. The number of carbonyl (C=O) groups excluding carboxylic acids is 1. The van der Waals surface area contributed by atoms with Gasteiger partial charge in [0.25, 0.3) is 5.91 Å². The topological polar surface area (TPSA) is 38.1 Å². The van der Waals surface area contributed by atoms with Crippen LogP contribution in [0.15, 0.2) is 6.07 Å². The summed E-state index contributed by atoms with van der Waals surface area (Å²) in [5.74, 6) is 0.126. The Hall–Kier alpha value is -0.840. The highest BCUT2D eigenvalue weighted by molar-refractivity contribution is 9.09. The van der Waals surface area contributed by atoms with Crippen LogP contribution in [0.3, 0.4) is 0 Å². The SMILES string of the molecule is CCc1cc(C(=O)N2CCCCCC2CBr)n(C)n1. The summed E-state index contributed by atoms with van der Waals surface area (Å²) in [6.45, 7) is 2.92. The molecule has 5 heteroatoms. The molecule has 2 rings (SSSR count). The van der Waals surface area contributed by atoms with E-state index in [4.69, 9.17) is 0 Å². The zero-order valence-electron chi connectivity index (χ0n) is 11.7. The molecule has 0 aliphatic carbocycles. The first-order valence-corrected chi connectivity index (χ1v) is 8.19. The Morgan fingerprint density at radius 3 is 2.89 bits per heavy atom. The highest BCUT2D eigenvalue weighted by Crippen LogP contribution is 2.21. The van der Waals surface area contributed by atoms with E-state index in [1.54, 1.807) is 4.68 Å². The van der Waals surface area contributed by atoms with Gasteiger partial charge in [-0.05, 0) is 25.3 Å². The highest BCUT2D eigenvalue weighted by atomic mass is 79.9. The molecule has 19 heavy (non-hydrogen) atoms. The van der Waals surface area contributed by atoms with E-state index in [1.807, 2.05) is 18.0 Å². The van der Waals surface area contributed by atoms with Gasteiger partial charge in [-0.1, -0.05) is 35.7 Å². The van der Waals surface area contributed by atoms with Crippen LogP contribution in [0.2, 0.25) is 0 Å². The van der Waals surface area contributed by atoms with Crippen molar-refractivity contribution in [2.45, 2.75) is 45.1 Å². The van der Waals surface area contributed by atoms with Crippen molar-refractivity contribution < 1.29 is 4.79 Å². The van der Waals surface area contributed by atoms with E-state index in [0.717, 1.165) is 36.8 Å². The molecule has 1 unspecified atom stereocenters. The molecule has 1 fully saturated rings. The summed E-state index contributed by atoms with van der Waals surface area (Å²) in [7, 11) is 1.85. The van der Waals surface area contributed by atoms with Gasteiger partial charge in [0, 0.05) is 25.0 Å². The third-order valence-corrected chi connectivity index (χ3v) is 4.58. The van der Waals surface area contributed by atoms with Crippen LogP contribution in [0.25, 0.3) is 0 Å². The van der Waals surface area contributed by atoms with Crippen LogP contribution >= 0.6 is 15.9 Å². The number of hydrogen-bond donors (Lipinski definition) is 0. The first kappa shape index (κ1) is 14.6. The number of alkyl halides is 1. The van der Waals surface area contributed by atoms with Gasteiger partial charge in [0.15, 0.2) is 0 Å². The zero-order chi connectivity index (χ0) is 13.8. The van der Waals surface area contributed by atoms with Crippen LogP contribution < -0.4 is 0 Å². The normalized spacial score (nSPS) is 20.4. The molecule has 0 saturated carbocycles. The Bertz CT molecular complexity index is 444. The highest BCUT2D eigenvalue weighted by Gasteiger charge is 2.27. The van der Waals surface area contributed by atoms with Crippen molar-refractivity contribution in [3.05, 3.63) is 17.5 Å². The lowest BCUT2D eigenvalue weighted by Crippen LogP contribution is -2.41. The van der Waals surface area contributed by atoms with E-state index in [0.29, 0.717) is 11.7 Å². The summed E-state index contributed by atoms with van der Waals surface area (Å²) in [5, 5.41) is 5.24. The third-order valence-electron chi connectivity index (χ3n) is 3.83. The molecule has 1 atom stereocenters. The molecular weight excluding hydrogens is 306 g/mol. The van der Waals surface area contributed by atoms with E-state index in [2.05, 4.69) is 28.0 Å². The van der Waals surface area contributed by atoms with Crippen molar-refractivity contribution in [1.82, 2.24) is 14.7 Å². The van der Waals surface area contributed by atoms with Crippen molar-refractivity contribution in [1.29, 1.82) is 0 Å². The average molecular weight is 328 g/mol. The number of aryl methyl sites for hydroxylation is 2. The summed E-state index contributed by atoms with van der Waals surface area (Å²) in [6, 6.07) is 2.24. The van der Waals surface area contributed by atoms with E-state index < -0.39 is 0 Å². The predicted octanol–water partition coefficient (Wildman–Crippen LogP) is 2.76. The van der Waals surface area contributed by atoms with Gasteiger partial charge in [-0.15, -0.1) is 0 Å². The molecule has 106 valence electrons. The largest absolute Gasteiger partial charge is 0.334 e.